The molecule has 27 heavy (non-hydrogen) atoms. The summed E-state index contributed by atoms with van der Waals surface area (Å²) >= 11 is 2.00. The molecule has 0 aromatic heterocycles. The predicted molar refractivity (Wildman–Crippen MR) is 113 cm³/mol. The molecule has 2 fully saturated rings. The number of hydrogen-bond acceptors (Lipinski definition) is 5. The highest BCUT2D eigenvalue weighted by Gasteiger charge is 2.77. The van der Waals surface area contributed by atoms with E-state index in [0.717, 1.165) is 12.8 Å². The van der Waals surface area contributed by atoms with Gasteiger partial charge in [0.05, 0.1) is 7.11 Å². The lowest BCUT2D eigenvalue weighted by atomic mass is 9.90. The Morgan fingerprint density at radius 2 is 2.00 bits per heavy atom. The number of alkyl halides is 1. The summed E-state index contributed by atoms with van der Waals surface area (Å²) in [6.45, 7) is 2.17. The number of ether oxygens (including phenoxy) is 2. The van der Waals surface area contributed by atoms with E-state index in [1.165, 1.54) is 20.0 Å². The zero-order valence-corrected chi connectivity index (χ0v) is 18.2. The van der Waals surface area contributed by atoms with Crippen molar-refractivity contribution in [3.05, 3.63) is 36.0 Å². The lowest BCUT2D eigenvalue weighted by molar-refractivity contribution is -0.140. The summed E-state index contributed by atoms with van der Waals surface area (Å²) in [7, 11) is 1.38. The Morgan fingerprint density at radius 3 is 2.70 bits per heavy atom. The lowest BCUT2D eigenvalue weighted by Gasteiger charge is -2.23. The maximum atomic E-state index is 12.6. The van der Waals surface area contributed by atoms with Gasteiger partial charge in [-0.25, -0.2) is 0 Å². The highest BCUT2D eigenvalue weighted by molar-refractivity contribution is 14.1. The lowest BCUT2D eigenvalue weighted by Crippen LogP contribution is -2.35. The van der Waals surface area contributed by atoms with Gasteiger partial charge in [-0.2, -0.15) is 0 Å². The quantitative estimate of drug-likeness (QED) is 0.0899. The third kappa shape index (κ3) is 5.29. The zero-order valence-electron chi connectivity index (χ0n) is 16.1. The van der Waals surface area contributed by atoms with Gasteiger partial charge in [-0.05, 0) is 48.3 Å². The van der Waals surface area contributed by atoms with Crippen molar-refractivity contribution in [2.45, 2.75) is 73.6 Å². The first-order valence-corrected chi connectivity index (χ1v) is 10.7. The molecule has 0 unspecified atom stereocenters. The third-order valence-electron chi connectivity index (χ3n) is 4.97. The molecule has 0 aromatic rings. The molecule has 0 radical (unpaired) electrons. The highest BCUT2D eigenvalue weighted by Crippen LogP contribution is 2.60. The number of allylic oxidation sites excluding steroid dienone is 4. The first-order chi connectivity index (χ1) is 12.9. The van der Waals surface area contributed by atoms with Gasteiger partial charge in [-0.3, -0.25) is 9.59 Å². The SMILES string of the molecule is CCCCC/C=C\C[C@]1(O)/C(=C\C=C\CCCC(=O)OC)C(=O)[C@@]2(I)O[C@H]21. The average Bonchev–Trinajstić information content (AvgIpc) is 3.33. The summed E-state index contributed by atoms with van der Waals surface area (Å²) in [5, 5.41) is 11.1. The van der Waals surface area contributed by atoms with Gasteiger partial charge in [0.25, 0.3) is 0 Å². The van der Waals surface area contributed by atoms with Crippen LogP contribution < -0.4 is 0 Å². The molecule has 1 aliphatic carbocycles. The first-order valence-electron chi connectivity index (χ1n) is 9.63. The Hall–Kier alpha value is -0.990. The van der Waals surface area contributed by atoms with Crippen molar-refractivity contribution in [3.63, 3.8) is 0 Å². The standard InChI is InChI=1S/C21H29IO5/c1-3-4-5-6-9-12-15-20(25)16(18(24)21(22)19(20)27-21)13-10-7-8-11-14-17(23)26-2/h7,9-10,12-13,19,25H,3-6,8,11,14-15H2,1-2H3/b10-7+,12-9-,16-13-/t19-,20-,21+/m0/s1. The molecule has 2 rings (SSSR count). The largest absolute Gasteiger partial charge is 0.469 e. The molecule has 0 spiro atoms. The van der Waals surface area contributed by atoms with Crippen LogP contribution in [0.2, 0.25) is 0 Å². The second-order valence-corrected chi connectivity index (χ2v) is 8.65. The molecule has 0 amide bonds. The number of halogens is 1. The van der Waals surface area contributed by atoms with Crippen molar-refractivity contribution >= 4 is 34.3 Å². The van der Waals surface area contributed by atoms with Crippen molar-refractivity contribution in [1.29, 1.82) is 0 Å². The number of aliphatic hydroxyl groups is 1. The van der Waals surface area contributed by atoms with Gasteiger partial charge in [0, 0.05) is 18.4 Å². The number of rotatable bonds is 11. The summed E-state index contributed by atoms with van der Waals surface area (Å²) in [5.41, 5.74) is -0.855. The minimum atomic E-state index is -1.27. The van der Waals surface area contributed by atoms with Gasteiger partial charge < -0.3 is 14.6 Å². The number of carbonyl (C=O) groups excluding carboxylic acids is 2. The van der Waals surface area contributed by atoms with Crippen LogP contribution in [-0.2, 0) is 19.1 Å². The van der Waals surface area contributed by atoms with Gasteiger partial charge in [-0.1, -0.05) is 50.1 Å². The monoisotopic (exact) mass is 488 g/mol. The maximum Gasteiger partial charge on any atom is 0.305 e. The second kappa shape index (κ2) is 9.98. The third-order valence-corrected chi connectivity index (χ3v) is 6.28. The van der Waals surface area contributed by atoms with Gasteiger partial charge in [0.1, 0.15) is 11.7 Å². The number of epoxide rings is 1. The van der Waals surface area contributed by atoms with E-state index in [9.17, 15) is 14.7 Å². The molecule has 5 nitrogen and oxygen atoms in total. The van der Waals surface area contributed by atoms with Crippen molar-refractivity contribution in [2.24, 2.45) is 0 Å². The fourth-order valence-electron chi connectivity index (χ4n) is 3.29. The number of unbranched alkanes of at least 4 members (excludes halogenated alkanes) is 4. The van der Waals surface area contributed by atoms with E-state index in [-0.39, 0.29) is 11.8 Å². The number of fused-ring (bicyclic) bond motifs is 1. The van der Waals surface area contributed by atoms with Gasteiger partial charge in [0.2, 0.25) is 9.39 Å². The normalized spacial score (nSPS) is 31.2. The predicted octanol–water partition coefficient (Wildman–Crippen LogP) is 4.18. The van der Waals surface area contributed by atoms with Crippen LogP contribution in [0.4, 0.5) is 0 Å². The summed E-state index contributed by atoms with van der Waals surface area (Å²) < 4.78 is 9.21. The van der Waals surface area contributed by atoms with Crippen LogP contribution in [0.15, 0.2) is 36.0 Å². The molecular weight excluding hydrogens is 459 g/mol. The van der Waals surface area contributed by atoms with Crippen molar-refractivity contribution in [2.75, 3.05) is 7.11 Å². The van der Waals surface area contributed by atoms with Gasteiger partial charge in [-0.15, -0.1) is 0 Å². The molecule has 0 bridgehead atoms. The second-order valence-electron chi connectivity index (χ2n) is 7.04. The maximum absolute atomic E-state index is 12.6. The Labute approximate surface area is 175 Å². The fourth-order valence-corrected chi connectivity index (χ4v) is 4.35. The van der Waals surface area contributed by atoms with Crippen LogP contribution in [0.3, 0.4) is 0 Å². The molecule has 1 heterocycles. The topological polar surface area (TPSA) is 76.1 Å². The highest BCUT2D eigenvalue weighted by atomic mass is 127. The molecule has 1 N–H and O–H groups in total. The molecule has 0 aromatic carbocycles. The minimum absolute atomic E-state index is 0.144. The van der Waals surface area contributed by atoms with E-state index in [4.69, 9.17) is 4.74 Å². The number of ketones is 1. The van der Waals surface area contributed by atoms with E-state index in [1.54, 1.807) is 12.2 Å². The van der Waals surface area contributed by atoms with Crippen LogP contribution in [-0.4, -0.2) is 39.3 Å². The smallest absolute Gasteiger partial charge is 0.305 e. The van der Waals surface area contributed by atoms with E-state index < -0.39 is 15.3 Å². The van der Waals surface area contributed by atoms with Gasteiger partial charge in [0.15, 0.2) is 0 Å². The zero-order chi connectivity index (χ0) is 19.9. The molecule has 6 heteroatoms. The molecule has 1 saturated carbocycles. The van der Waals surface area contributed by atoms with E-state index in [0.29, 0.717) is 31.3 Å². The molecule has 1 saturated heterocycles. The Kier molecular flexibility index (Phi) is 8.24. The fraction of sp³-hybridized carbons (Fsp3) is 0.619. The Bertz CT molecular complexity index is 638. The van der Waals surface area contributed by atoms with Crippen molar-refractivity contribution in [1.82, 2.24) is 0 Å². The molecule has 2 aliphatic rings. The number of methoxy groups -OCH3 is 1. The van der Waals surface area contributed by atoms with Gasteiger partial charge >= 0.3 is 5.97 Å². The van der Waals surface area contributed by atoms with E-state index >= 15 is 0 Å². The summed E-state index contributed by atoms with van der Waals surface area (Å²) in [4.78, 5) is 23.7. The van der Waals surface area contributed by atoms with Crippen molar-refractivity contribution < 1.29 is 24.2 Å². The van der Waals surface area contributed by atoms with Crippen LogP contribution in [0.5, 0.6) is 0 Å². The van der Waals surface area contributed by atoms with Crippen LogP contribution in [0.1, 0.15) is 58.3 Å². The number of esters is 1. The number of hydrogen-bond donors (Lipinski definition) is 1. The Morgan fingerprint density at radius 1 is 1.26 bits per heavy atom. The molecule has 3 atom stereocenters. The molecule has 150 valence electrons. The molecule has 1 aliphatic heterocycles. The molecular formula is C21H29IO5. The summed E-state index contributed by atoms with van der Waals surface area (Å²) in [5.74, 6) is -0.369. The first kappa shape index (κ1) is 22.3. The van der Waals surface area contributed by atoms with E-state index in [2.05, 4.69) is 17.7 Å². The average molecular weight is 488 g/mol. The number of Topliss-reactive ketones (excluding diaryl/α,β-unsaturated/α-hetero) is 1. The van der Waals surface area contributed by atoms with Crippen LogP contribution in [0.25, 0.3) is 0 Å². The van der Waals surface area contributed by atoms with E-state index in [1.807, 2.05) is 34.7 Å². The van der Waals surface area contributed by atoms with Crippen LogP contribution >= 0.6 is 22.6 Å². The summed E-state index contributed by atoms with van der Waals surface area (Å²) in [6.07, 6.45) is 15.6. The minimum Gasteiger partial charge on any atom is -0.469 e. The number of carbonyl (C=O) groups is 2. The summed E-state index contributed by atoms with van der Waals surface area (Å²) in [6, 6.07) is 0. The Balaban J connectivity index is 1.95. The van der Waals surface area contributed by atoms with Crippen molar-refractivity contribution in [3.8, 4) is 0 Å². The van der Waals surface area contributed by atoms with Crippen LogP contribution in [0, 0.1) is 0 Å².